The van der Waals surface area contributed by atoms with Crippen molar-refractivity contribution in [3.8, 4) is 0 Å². The Balaban J connectivity index is 1.41. The van der Waals surface area contributed by atoms with Crippen LogP contribution in [0.25, 0.3) is 5.57 Å². The first-order valence-electron chi connectivity index (χ1n) is 10.9. The van der Waals surface area contributed by atoms with Gasteiger partial charge in [0, 0.05) is 31.5 Å². The lowest BCUT2D eigenvalue weighted by molar-refractivity contribution is -0.133. The van der Waals surface area contributed by atoms with Crippen molar-refractivity contribution in [2.75, 3.05) is 32.7 Å². The lowest BCUT2D eigenvalue weighted by Gasteiger charge is -2.26. The summed E-state index contributed by atoms with van der Waals surface area (Å²) in [5.41, 5.74) is 4.30. The minimum absolute atomic E-state index is 0.104. The molecule has 3 aliphatic rings. The van der Waals surface area contributed by atoms with Crippen LogP contribution in [0.2, 0.25) is 0 Å². The van der Waals surface area contributed by atoms with Gasteiger partial charge in [-0.25, -0.2) is 0 Å². The molecule has 3 nitrogen and oxygen atoms in total. The number of benzene rings is 1. The Morgan fingerprint density at radius 2 is 1.85 bits per heavy atom. The van der Waals surface area contributed by atoms with Gasteiger partial charge in [0.25, 0.3) is 0 Å². The van der Waals surface area contributed by atoms with E-state index in [0.29, 0.717) is 17.7 Å². The SMILES string of the molecule is CC(C)C(=O)N1CC2CCC=C(c3ccc(CCN4CCCC4)cc3)C2C1. The number of nitrogens with zero attached hydrogens (tertiary/aromatic N) is 2. The predicted octanol–water partition coefficient (Wildman–Crippen LogP) is 4.23. The third-order valence-corrected chi connectivity index (χ3v) is 6.75. The van der Waals surface area contributed by atoms with Crippen LogP contribution in [0.1, 0.15) is 50.7 Å². The normalized spacial score (nSPS) is 25.7. The fraction of sp³-hybridized carbons (Fsp3) is 0.625. The highest BCUT2D eigenvalue weighted by atomic mass is 16.2. The van der Waals surface area contributed by atoms with Crippen LogP contribution < -0.4 is 0 Å². The second-order valence-corrected chi connectivity index (χ2v) is 9.00. The highest BCUT2D eigenvalue weighted by Crippen LogP contribution is 2.41. The van der Waals surface area contributed by atoms with Crippen LogP contribution in [0.5, 0.6) is 0 Å². The summed E-state index contributed by atoms with van der Waals surface area (Å²) in [6.07, 6.45) is 8.70. The lowest BCUT2D eigenvalue weighted by atomic mass is 9.78. The average Bonchev–Trinajstić information content (AvgIpc) is 3.35. The predicted molar refractivity (Wildman–Crippen MR) is 111 cm³/mol. The van der Waals surface area contributed by atoms with Gasteiger partial charge in [0.2, 0.25) is 5.91 Å². The third kappa shape index (κ3) is 4.13. The Morgan fingerprint density at radius 3 is 2.56 bits per heavy atom. The van der Waals surface area contributed by atoms with Crippen LogP contribution in [0.3, 0.4) is 0 Å². The van der Waals surface area contributed by atoms with Crippen molar-refractivity contribution >= 4 is 11.5 Å². The van der Waals surface area contributed by atoms with Gasteiger partial charge in [-0.3, -0.25) is 4.79 Å². The number of carbonyl (C=O) groups excluding carboxylic acids is 1. The molecule has 2 aliphatic heterocycles. The minimum atomic E-state index is 0.104. The van der Waals surface area contributed by atoms with E-state index in [4.69, 9.17) is 0 Å². The molecular formula is C24H34N2O. The summed E-state index contributed by atoms with van der Waals surface area (Å²) in [5.74, 6) is 1.59. The monoisotopic (exact) mass is 366 g/mol. The molecule has 2 fully saturated rings. The zero-order valence-electron chi connectivity index (χ0n) is 17.0. The molecule has 146 valence electrons. The molecule has 2 heterocycles. The first kappa shape index (κ1) is 18.7. The molecule has 1 amide bonds. The van der Waals surface area contributed by atoms with Crippen molar-refractivity contribution in [1.29, 1.82) is 0 Å². The summed E-state index contributed by atoms with van der Waals surface area (Å²) >= 11 is 0. The van der Waals surface area contributed by atoms with Gasteiger partial charge in [-0.2, -0.15) is 0 Å². The zero-order chi connectivity index (χ0) is 18.8. The number of fused-ring (bicyclic) bond motifs is 1. The van der Waals surface area contributed by atoms with Crippen LogP contribution in [0.15, 0.2) is 30.3 Å². The highest BCUT2D eigenvalue weighted by Gasteiger charge is 2.39. The molecular weight excluding hydrogens is 332 g/mol. The summed E-state index contributed by atoms with van der Waals surface area (Å²) in [4.78, 5) is 17.2. The summed E-state index contributed by atoms with van der Waals surface area (Å²) < 4.78 is 0. The summed E-state index contributed by atoms with van der Waals surface area (Å²) in [6, 6.07) is 9.28. The average molecular weight is 367 g/mol. The number of carbonyl (C=O) groups is 1. The smallest absolute Gasteiger partial charge is 0.225 e. The molecule has 3 heteroatoms. The van der Waals surface area contributed by atoms with Gasteiger partial charge >= 0.3 is 0 Å². The summed E-state index contributed by atoms with van der Waals surface area (Å²) in [5, 5.41) is 0. The third-order valence-electron chi connectivity index (χ3n) is 6.75. The molecule has 0 spiro atoms. The van der Waals surface area contributed by atoms with Crippen molar-refractivity contribution in [2.24, 2.45) is 17.8 Å². The molecule has 2 saturated heterocycles. The molecule has 2 unspecified atom stereocenters. The maximum absolute atomic E-state index is 12.5. The molecule has 0 bridgehead atoms. The molecule has 1 aromatic carbocycles. The Morgan fingerprint density at radius 1 is 1.11 bits per heavy atom. The maximum Gasteiger partial charge on any atom is 0.225 e. The number of rotatable bonds is 5. The molecule has 0 aromatic heterocycles. The van der Waals surface area contributed by atoms with Gasteiger partial charge in [-0.1, -0.05) is 44.2 Å². The number of hydrogen-bond acceptors (Lipinski definition) is 2. The quantitative estimate of drug-likeness (QED) is 0.778. The molecule has 1 aromatic rings. The molecule has 2 atom stereocenters. The van der Waals surface area contributed by atoms with Crippen molar-refractivity contribution in [3.05, 3.63) is 41.5 Å². The van der Waals surface area contributed by atoms with E-state index in [0.717, 1.165) is 25.9 Å². The van der Waals surface area contributed by atoms with Gasteiger partial charge in [0.05, 0.1) is 0 Å². The zero-order valence-corrected chi connectivity index (χ0v) is 17.0. The maximum atomic E-state index is 12.5. The second-order valence-electron chi connectivity index (χ2n) is 9.00. The fourth-order valence-corrected chi connectivity index (χ4v) is 5.15. The molecule has 4 rings (SSSR count). The summed E-state index contributed by atoms with van der Waals surface area (Å²) in [6.45, 7) is 9.64. The second kappa shape index (κ2) is 8.18. The van der Waals surface area contributed by atoms with E-state index in [1.807, 2.05) is 13.8 Å². The van der Waals surface area contributed by atoms with Crippen LogP contribution in [0.4, 0.5) is 0 Å². The molecule has 0 saturated carbocycles. The van der Waals surface area contributed by atoms with Crippen molar-refractivity contribution in [2.45, 2.75) is 46.0 Å². The van der Waals surface area contributed by atoms with Crippen LogP contribution in [-0.2, 0) is 11.2 Å². The van der Waals surface area contributed by atoms with Gasteiger partial charge in [0.1, 0.15) is 0 Å². The van der Waals surface area contributed by atoms with E-state index in [1.165, 1.54) is 55.6 Å². The number of allylic oxidation sites excluding steroid dienone is 1. The van der Waals surface area contributed by atoms with Crippen LogP contribution in [-0.4, -0.2) is 48.4 Å². The van der Waals surface area contributed by atoms with Gasteiger partial charge in [-0.05, 0) is 67.8 Å². The highest BCUT2D eigenvalue weighted by molar-refractivity contribution is 5.79. The first-order valence-corrected chi connectivity index (χ1v) is 10.9. The number of amides is 1. The van der Waals surface area contributed by atoms with E-state index < -0.39 is 0 Å². The molecule has 27 heavy (non-hydrogen) atoms. The van der Waals surface area contributed by atoms with Gasteiger partial charge in [0.15, 0.2) is 0 Å². The Kier molecular flexibility index (Phi) is 5.68. The van der Waals surface area contributed by atoms with Crippen LogP contribution in [0, 0.1) is 17.8 Å². The minimum Gasteiger partial charge on any atom is -0.342 e. The largest absolute Gasteiger partial charge is 0.342 e. The van der Waals surface area contributed by atoms with Crippen molar-refractivity contribution in [3.63, 3.8) is 0 Å². The van der Waals surface area contributed by atoms with Gasteiger partial charge < -0.3 is 9.80 Å². The molecule has 0 N–H and O–H groups in total. The number of likely N-dealkylation sites (tertiary alicyclic amines) is 2. The topological polar surface area (TPSA) is 23.6 Å². The Hall–Kier alpha value is -1.61. The number of hydrogen-bond donors (Lipinski definition) is 0. The fourth-order valence-electron chi connectivity index (χ4n) is 5.15. The lowest BCUT2D eigenvalue weighted by Crippen LogP contribution is -2.32. The summed E-state index contributed by atoms with van der Waals surface area (Å²) in [7, 11) is 0. The standard InChI is InChI=1S/C24H34N2O/c1-18(2)24(27)26-16-21-6-5-7-22(23(21)17-26)20-10-8-19(9-11-20)12-15-25-13-3-4-14-25/h7-11,18,21,23H,3-6,12-17H2,1-2H3. The Labute approximate surface area is 164 Å². The van der Waals surface area contributed by atoms with E-state index in [1.54, 1.807) is 0 Å². The molecule has 0 radical (unpaired) electrons. The van der Waals surface area contributed by atoms with Crippen LogP contribution >= 0.6 is 0 Å². The van der Waals surface area contributed by atoms with E-state index in [-0.39, 0.29) is 5.92 Å². The van der Waals surface area contributed by atoms with E-state index in [9.17, 15) is 4.79 Å². The van der Waals surface area contributed by atoms with E-state index in [2.05, 4.69) is 40.1 Å². The van der Waals surface area contributed by atoms with Gasteiger partial charge in [-0.15, -0.1) is 0 Å². The van der Waals surface area contributed by atoms with E-state index >= 15 is 0 Å². The Bertz CT molecular complexity index is 685. The van der Waals surface area contributed by atoms with Crippen molar-refractivity contribution < 1.29 is 4.79 Å². The first-order chi connectivity index (χ1) is 13.1. The molecule has 1 aliphatic carbocycles. The van der Waals surface area contributed by atoms with Crippen molar-refractivity contribution in [1.82, 2.24) is 9.80 Å².